The first kappa shape index (κ1) is 58.7. The van der Waals surface area contributed by atoms with E-state index in [-0.39, 0.29) is 74.2 Å². The Hall–Kier alpha value is -8.53. The van der Waals surface area contributed by atoms with Gasteiger partial charge in [0.05, 0.1) is 19.8 Å². The molecular formula is C74H72O10. The second-order valence-corrected chi connectivity index (χ2v) is 22.4. The van der Waals surface area contributed by atoms with Crippen LogP contribution in [-0.2, 0) is 59.8 Å². The zero-order valence-corrected chi connectivity index (χ0v) is 47.9. The number of hydrogen-bond acceptors (Lipinski definition) is 10. The summed E-state index contributed by atoms with van der Waals surface area (Å²) in [6, 6.07) is 69.5. The lowest BCUT2D eigenvalue weighted by atomic mass is 9.59. The molecular weight excluding hydrogens is 1050 g/mol. The van der Waals surface area contributed by atoms with Crippen LogP contribution in [0.1, 0.15) is 129 Å². The van der Waals surface area contributed by atoms with Crippen LogP contribution in [0.2, 0.25) is 0 Å². The van der Waals surface area contributed by atoms with E-state index in [1.807, 2.05) is 31.2 Å². The Morgan fingerprint density at radius 2 is 0.571 bits per heavy atom. The number of aliphatic hydroxyl groups is 2. The summed E-state index contributed by atoms with van der Waals surface area (Å²) in [4.78, 5) is 55.0. The summed E-state index contributed by atoms with van der Waals surface area (Å²) in [6.07, 6.45) is 7.71. The van der Waals surface area contributed by atoms with Gasteiger partial charge in [0, 0.05) is 40.9 Å². The van der Waals surface area contributed by atoms with E-state index in [0.29, 0.717) is 32.3 Å². The van der Waals surface area contributed by atoms with Crippen molar-refractivity contribution in [2.24, 2.45) is 0 Å². The molecule has 0 aromatic heterocycles. The minimum atomic E-state index is -0.564. The SMILES string of the molecule is CCCCC1(CC2(CCC(=O)OCC)c3ccccc3-c3ccccc32)c2ccccc2-c2ccccc21.O=C(CCC1(CC2(CCC(=O)OCCO)c3ccccc3-c3ccccc32)c2ccccc2-c2ccccc21)OCCO.O=C=O. The highest BCUT2D eigenvalue weighted by Crippen LogP contribution is 2.64. The Balaban J connectivity index is 0.000000180. The maximum absolute atomic E-state index is 12.9. The molecule has 8 aromatic carbocycles. The van der Waals surface area contributed by atoms with Gasteiger partial charge in [0.1, 0.15) is 13.2 Å². The molecule has 8 aromatic rings. The molecule has 0 heterocycles. The zero-order chi connectivity index (χ0) is 58.7. The number of unbranched alkanes of at least 4 members (excludes halogenated alkanes) is 1. The Kier molecular flexibility index (Phi) is 18.1. The lowest BCUT2D eigenvalue weighted by molar-refractivity contribution is -0.191. The van der Waals surface area contributed by atoms with E-state index < -0.39 is 10.8 Å². The fourth-order valence-corrected chi connectivity index (χ4v) is 15.0. The summed E-state index contributed by atoms with van der Waals surface area (Å²) in [5.74, 6) is -0.795. The Morgan fingerprint density at radius 3 is 0.786 bits per heavy atom. The zero-order valence-electron chi connectivity index (χ0n) is 47.9. The van der Waals surface area contributed by atoms with Crippen molar-refractivity contribution in [3.05, 3.63) is 239 Å². The van der Waals surface area contributed by atoms with Crippen LogP contribution in [0.15, 0.2) is 194 Å². The van der Waals surface area contributed by atoms with Crippen molar-refractivity contribution in [1.82, 2.24) is 0 Å². The lowest BCUT2D eigenvalue weighted by Crippen LogP contribution is -2.38. The van der Waals surface area contributed by atoms with E-state index in [9.17, 15) is 24.6 Å². The number of benzene rings is 8. The average Bonchev–Trinajstić information content (AvgIpc) is 4.13. The molecule has 428 valence electrons. The number of rotatable bonds is 21. The van der Waals surface area contributed by atoms with Crippen LogP contribution >= 0.6 is 0 Å². The maximum atomic E-state index is 12.9. The molecule has 10 nitrogen and oxygen atoms in total. The molecule has 0 radical (unpaired) electrons. The second-order valence-electron chi connectivity index (χ2n) is 22.4. The first-order chi connectivity index (χ1) is 41.1. The van der Waals surface area contributed by atoms with Crippen molar-refractivity contribution in [2.45, 2.75) is 106 Å². The van der Waals surface area contributed by atoms with Crippen molar-refractivity contribution in [1.29, 1.82) is 0 Å². The van der Waals surface area contributed by atoms with Gasteiger partial charge in [0.25, 0.3) is 0 Å². The Labute approximate surface area is 492 Å². The summed E-state index contributed by atoms with van der Waals surface area (Å²) < 4.78 is 16.1. The predicted molar refractivity (Wildman–Crippen MR) is 325 cm³/mol. The number of carbonyl (C=O) groups is 3. The third kappa shape index (κ3) is 10.7. The summed E-state index contributed by atoms with van der Waals surface area (Å²) in [5.41, 5.74) is 18.6. The van der Waals surface area contributed by atoms with E-state index >= 15 is 0 Å². The molecule has 0 atom stereocenters. The predicted octanol–water partition coefficient (Wildman–Crippen LogP) is 14.2. The van der Waals surface area contributed by atoms with Gasteiger partial charge in [-0.3, -0.25) is 14.4 Å². The molecule has 4 aliphatic carbocycles. The van der Waals surface area contributed by atoms with Gasteiger partial charge in [-0.25, -0.2) is 0 Å². The van der Waals surface area contributed by atoms with Gasteiger partial charge in [0.15, 0.2) is 0 Å². The molecule has 0 fully saturated rings. The van der Waals surface area contributed by atoms with E-state index in [2.05, 4.69) is 177 Å². The van der Waals surface area contributed by atoms with Crippen molar-refractivity contribution in [3.8, 4) is 44.5 Å². The standard InChI is InChI=1S/C37H36O6.C36H36O2.CO2/c38-21-23-42-34(40)17-19-36(30-13-5-1-9-26(30)27-10-2-6-14-31(27)36)25-37(20-18-35(41)43-24-22-39)32-15-7-3-11-28(32)29-12-4-8-16-33(29)37;1-3-5-23-35(30-18-10-6-14-26(30)27-15-7-11-19-31(27)35)25-36(24-22-34(37)38-4-2)32-20-12-8-16-28(32)29-17-9-13-21-33(29)36;2-1-3/h1-16,38-39H,17-25H2;6-21H,3-5,22-25H2,1-2H3;. The van der Waals surface area contributed by atoms with E-state index in [1.54, 1.807) is 0 Å². The van der Waals surface area contributed by atoms with Gasteiger partial charge in [-0.15, -0.1) is 0 Å². The molecule has 0 saturated carbocycles. The van der Waals surface area contributed by atoms with Crippen LogP contribution in [0.4, 0.5) is 0 Å². The van der Waals surface area contributed by atoms with Crippen molar-refractivity contribution in [3.63, 3.8) is 0 Å². The number of aliphatic hydroxyl groups excluding tert-OH is 2. The summed E-state index contributed by atoms with van der Waals surface area (Å²) in [5, 5.41) is 18.5. The number of carbonyl (C=O) groups excluding carboxylic acids is 5. The molecule has 12 rings (SSSR count). The van der Waals surface area contributed by atoms with Crippen molar-refractivity contribution < 1.29 is 48.4 Å². The monoisotopic (exact) mass is 1120 g/mol. The number of ether oxygens (including phenoxy) is 3. The molecule has 2 N–H and O–H groups in total. The van der Waals surface area contributed by atoms with Gasteiger partial charge in [-0.05, 0) is 134 Å². The van der Waals surface area contributed by atoms with Gasteiger partial charge in [0.2, 0.25) is 0 Å². The molecule has 0 bridgehead atoms. The molecule has 0 saturated heterocycles. The normalized spacial score (nSPS) is 14.6. The smallest absolute Gasteiger partial charge is 0.373 e. The Bertz CT molecular complexity index is 3400. The largest absolute Gasteiger partial charge is 0.466 e. The highest BCUT2D eigenvalue weighted by molar-refractivity contribution is 5.87. The fourth-order valence-electron chi connectivity index (χ4n) is 15.0. The second kappa shape index (κ2) is 25.9. The van der Waals surface area contributed by atoms with Crippen molar-refractivity contribution >= 4 is 24.1 Å². The minimum absolute atomic E-state index is 0.0281. The molecule has 0 unspecified atom stereocenters. The number of hydrogen-bond donors (Lipinski definition) is 2. The van der Waals surface area contributed by atoms with Crippen molar-refractivity contribution in [2.75, 3.05) is 33.0 Å². The molecule has 10 heteroatoms. The van der Waals surface area contributed by atoms with Crippen LogP contribution in [0, 0.1) is 0 Å². The number of fused-ring (bicyclic) bond motifs is 12. The third-order valence-corrected chi connectivity index (χ3v) is 18.1. The highest BCUT2D eigenvalue weighted by atomic mass is 16.5. The molecule has 0 aliphatic heterocycles. The van der Waals surface area contributed by atoms with Gasteiger partial charge in [-0.1, -0.05) is 214 Å². The Morgan fingerprint density at radius 1 is 0.357 bits per heavy atom. The molecule has 4 aliphatic rings. The molecule has 0 amide bonds. The van der Waals surface area contributed by atoms with E-state index in [0.717, 1.165) is 76.6 Å². The summed E-state index contributed by atoms with van der Waals surface area (Å²) >= 11 is 0. The van der Waals surface area contributed by atoms with Crippen LogP contribution in [-0.4, -0.2) is 67.3 Å². The fraction of sp³-hybridized carbons (Fsp3) is 0.297. The minimum Gasteiger partial charge on any atom is -0.466 e. The molecule has 84 heavy (non-hydrogen) atoms. The van der Waals surface area contributed by atoms with E-state index in [1.165, 1.54) is 44.5 Å². The topological polar surface area (TPSA) is 154 Å². The summed E-state index contributed by atoms with van der Waals surface area (Å²) in [6.45, 7) is 4.10. The maximum Gasteiger partial charge on any atom is 0.373 e. The van der Waals surface area contributed by atoms with Gasteiger partial charge >= 0.3 is 24.1 Å². The third-order valence-electron chi connectivity index (χ3n) is 18.1. The van der Waals surface area contributed by atoms with Gasteiger partial charge < -0.3 is 24.4 Å². The highest BCUT2D eigenvalue weighted by Gasteiger charge is 2.54. The van der Waals surface area contributed by atoms with Crippen LogP contribution in [0.25, 0.3) is 44.5 Å². The van der Waals surface area contributed by atoms with Crippen LogP contribution in [0.5, 0.6) is 0 Å². The molecule has 0 spiro atoms. The van der Waals surface area contributed by atoms with E-state index in [4.69, 9.17) is 23.8 Å². The quantitative estimate of drug-likeness (QED) is 0.0525. The summed E-state index contributed by atoms with van der Waals surface area (Å²) in [7, 11) is 0. The average molecular weight is 1120 g/mol. The van der Waals surface area contributed by atoms with Crippen LogP contribution < -0.4 is 0 Å². The first-order valence-corrected chi connectivity index (χ1v) is 29.6. The first-order valence-electron chi connectivity index (χ1n) is 29.6. The van der Waals surface area contributed by atoms with Gasteiger partial charge in [-0.2, -0.15) is 9.59 Å². The van der Waals surface area contributed by atoms with Crippen LogP contribution in [0.3, 0.4) is 0 Å². The lowest BCUT2D eigenvalue weighted by Gasteiger charge is -2.43. The number of esters is 3.